The number of likely N-dealkylation sites (tertiary alicyclic amines) is 1. The fourth-order valence-corrected chi connectivity index (χ4v) is 3.73. The molecule has 0 bridgehead atoms. The molecule has 1 aliphatic rings. The Morgan fingerprint density at radius 3 is 2.81 bits per heavy atom. The van der Waals surface area contributed by atoms with Crippen LogP contribution in [0.3, 0.4) is 0 Å². The van der Waals surface area contributed by atoms with Crippen LogP contribution in [0.4, 0.5) is 0 Å². The SMILES string of the molecule is CN(C)S(=O)(=O)c1cccc(CN2CCCC(CN)C2)c1. The van der Waals surface area contributed by atoms with Gasteiger partial charge in [0.1, 0.15) is 0 Å². The summed E-state index contributed by atoms with van der Waals surface area (Å²) in [6, 6.07) is 7.23. The first-order chi connectivity index (χ1) is 9.93. The van der Waals surface area contributed by atoms with E-state index >= 15 is 0 Å². The van der Waals surface area contributed by atoms with Crippen LogP contribution in [0.25, 0.3) is 0 Å². The maximum Gasteiger partial charge on any atom is 0.242 e. The number of rotatable bonds is 5. The van der Waals surface area contributed by atoms with Crippen molar-refractivity contribution in [3.8, 4) is 0 Å². The van der Waals surface area contributed by atoms with E-state index in [0.717, 1.165) is 38.2 Å². The van der Waals surface area contributed by atoms with E-state index in [0.29, 0.717) is 10.8 Å². The van der Waals surface area contributed by atoms with Crippen molar-refractivity contribution in [3.05, 3.63) is 29.8 Å². The Morgan fingerprint density at radius 1 is 1.38 bits per heavy atom. The molecule has 1 heterocycles. The Balaban J connectivity index is 2.11. The quantitative estimate of drug-likeness (QED) is 0.884. The van der Waals surface area contributed by atoms with E-state index in [9.17, 15) is 8.42 Å². The van der Waals surface area contributed by atoms with E-state index in [1.165, 1.54) is 10.7 Å². The number of nitrogens with zero attached hydrogens (tertiary/aromatic N) is 2. The lowest BCUT2D eigenvalue weighted by Crippen LogP contribution is -2.37. The molecule has 5 nitrogen and oxygen atoms in total. The summed E-state index contributed by atoms with van der Waals surface area (Å²) in [5.41, 5.74) is 6.80. The van der Waals surface area contributed by atoms with E-state index in [-0.39, 0.29) is 0 Å². The Morgan fingerprint density at radius 2 is 2.14 bits per heavy atom. The molecule has 2 N–H and O–H groups in total. The molecule has 0 spiro atoms. The number of hydrogen-bond donors (Lipinski definition) is 1. The van der Waals surface area contributed by atoms with Gasteiger partial charge in [-0.05, 0) is 49.5 Å². The third-order valence-corrected chi connectivity index (χ3v) is 5.83. The highest BCUT2D eigenvalue weighted by molar-refractivity contribution is 7.89. The van der Waals surface area contributed by atoms with Crippen molar-refractivity contribution in [2.75, 3.05) is 33.7 Å². The van der Waals surface area contributed by atoms with Gasteiger partial charge in [-0.15, -0.1) is 0 Å². The van der Waals surface area contributed by atoms with Crippen LogP contribution in [0.2, 0.25) is 0 Å². The summed E-state index contributed by atoms with van der Waals surface area (Å²) in [4.78, 5) is 2.72. The van der Waals surface area contributed by atoms with E-state index in [1.54, 1.807) is 26.2 Å². The Bertz CT molecular complexity index is 572. The Hall–Kier alpha value is -0.950. The van der Waals surface area contributed by atoms with Crippen molar-refractivity contribution in [1.82, 2.24) is 9.21 Å². The van der Waals surface area contributed by atoms with Crippen LogP contribution in [0.5, 0.6) is 0 Å². The van der Waals surface area contributed by atoms with Crippen LogP contribution in [0.15, 0.2) is 29.2 Å². The predicted octanol–water partition coefficient (Wildman–Crippen LogP) is 1.11. The van der Waals surface area contributed by atoms with Gasteiger partial charge >= 0.3 is 0 Å². The zero-order chi connectivity index (χ0) is 15.5. The molecule has 1 aromatic carbocycles. The van der Waals surface area contributed by atoms with Crippen LogP contribution < -0.4 is 5.73 Å². The fourth-order valence-electron chi connectivity index (χ4n) is 2.76. The molecule has 0 saturated carbocycles. The van der Waals surface area contributed by atoms with E-state index in [4.69, 9.17) is 5.73 Å². The van der Waals surface area contributed by atoms with Crippen molar-refractivity contribution in [1.29, 1.82) is 0 Å². The van der Waals surface area contributed by atoms with Crippen LogP contribution >= 0.6 is 0 Å². The zero-order valence-electron chi connectivity index (χ0n) is 12.8. The molecule has 2 rings (SSSR count). The summed E-state index contributed by atoms with van der Waals surface area (Å²) in [5.74, 6) is 0.562. The molecule has 1 unspecified atom stereocenters. The highest BCUT2D eigenvalue weighted by Crippen LogP contribution is 2.20. The van der Waals surface area contributed by atoms with Gasteiger partial charge in [0.2, 0.25) is 10.0 Å². The summed E-state index contributed by atoms with van der Waals surface area (Å²) in [6.07, 6.45) is 2.36. The van der Waals surface area contributed by atoms with Crippen LogP contribution in [-0.2, 0) is 16.6 Å². The minimum absolute atomic E-state index is 0.359. The van der Waals surface area contributed by atoms with Gasteiger partial charge in [-0.1, -0.05) is 12.1 Å². The van der Waals surface area contributed by atoms with Gasteiger partial charge in [0.15, 0.2) is 0 Å². The summed E-state index contributed by atoms with van der Waals surface area (Å²) in [7, 11) is -0.253. The highest BCUT2D eigenvalue weighted by atomic mass is 32.2. The van der Waals surface area contributed by atoms with Crippen LogP contribution in [-0.4, -0.2) is 51.4 Å². The molecule has 0 aliphatic carbocycles. The van der Waals surface area contributed by atoms with Crippen LogP contribution in [0, 0.1) is 5.92 Å². The summed E-state index contributed by atoms with van der Waals surface area (Å²) >= 11 is 0. The average Bonchev–Trinajstić information content (AvgIpc) is 2.47. The van der Waals surface area contributed by atoms with Crippen molar-refractivity contribution < 1.29 is 8.42 Å². The first-order valence-corrected chi connectivity index (χ1v) is 8.81. The second kappa shape index (κ2) is 6.87. The zero-order valence-corrected chi connectivity index (χ0v) is 13.6. The van der Waals surface area contributed by atoms with Crippen molar-refractivity contribution in [2.45, 2.75) is 24.3 Å². The summed E-state index contributed by atoms with van der Waals surface area (Å²) in [5, 5.41) is 0. The molecule has 21 heavy (non-hydrogen) atoms. The van der Waals surface area contributed by atoms with E-state index < -0.39 is 10.0 Å². The van der Waals surface area contributed by atoms with Crippen molar-refractivity contribution in [2.24, 2.45) is 11.7 Å². The molecule has 1 atom stereocenters. The molecule has 1 fully saturated rings. The van der Waals surface area contributed by atoms with Gasteiger partial charge in [0, 0.05) is 27.2 Å². The molecule has 0 radical (unpaired) electrons. The van der Waals surface area contributed by atoms with Crippen molar-refractivity contribution in [3.63, 3.8) is 0 Å². The molecule has 0 amide bonds. The van der Waals surface area contributed by atoms with Gasteiger partial charge in [0.05, 0.1) is 4.90 Å². The third-order valence-electron chi connectivity index (χ3n) is 4.02. The largest absolute Gasteiger partial charge is 0.330 e. The normalized spacial score (nSPS) is 20.9. The summed E-state index contributed by atoms with van der Waals surface area (Å²) < 4.78 is 25.6. The maximum absolute atomic E-state index is 12.2. The third kappa shape index (κ3) is 4.03. The number of piperidine rings is 1. The maximum atomic E-state index is 12.2. The number of sulfonamides is 1. The number of benzene rings is 1. The molecule has 1 aliphatic heterocycles. The molecule has 0 aromatic heterocycles. The van der Waals surface area contributed by atoms with Gasteiger partial charge in [-0.2, -0.15) is 0 Å². The lowest BCUT2D eigenvalue weighted by molar-refractivity contribution is 0.171. The van der Waals surface area contributed by atoms with Gasteiger partial charge in [0.25, 0.3) is 0 Å². The summed E-state index contributed by atoms with van der Waals surface area (Å²) in [6.45, 7) is 3.57. The Labute approximate surface area is 127 Å². The minimum atomic E-state index is -3.36. The van der Waals surface area contributed by atoms with Crippen LogP contribution in [0.1, 0.15) is 18.4 Å². The number of nitrogens with two attached hydrogens (primary N) is 1. The fraction of sp³-hybridized carbons (Fsp3) is 0.600. The lowest BCUT2D eigenvalue weighted by Gasteiger charge is -2.32. The second-order valence-electron chi connectivity index (χ2n) is 5.91. The van der Waals surface area contributed by atoms with Gasteiger partial charge in [-0.25, -0.2) is 12.7 Å². The smallest absolute Gasteiger partial charge is 0.242 e. The minimum Gasteiger partial charge on any atom is -0.330 e. The first kappa shape index (κ1) is 16.4. The highest BCUT2D eigenvalue weighted by Gasteiger charge is 2.20. The monoisotopic (exact) mass is 311 g/mol. The van der Waals surface area contributed by atoms with E-state index in [1.807, 2.05) is 12.1 Å². The molecule has 118 valence electrons. The number of hydrogen-bond acceptors (Lipinski definition) is 4. The van der Waals surface area contributed by atoms with Crippen molar-refractivity contribution >= 4 is 10.0 Å². The standard InChI is InChI=1S/C15H25N3O2S/c1-17(2)21(19,20)15-7-3-5-13(9-15)11-18-8-4-6-14(10-16)12-18/h3,5,7,9,14H,4,6,8,10-12,16H2,1-2H3. The average molecular weight is 311 g/mol. The van der Waals surface area contributed by atoms with E-state index in [2.05, 4.69) is 4.90 Å². The second-order valence-corrected chi connectivity index (χ2v) is 8.07. The molecule has 6 heteroatoms. The first-order valence-electron chi connectivity index (χ1n) is 7.37. The molecular formula is C15H25N3O2S. The predicted molar refractivity (Wildman–Crippen MR) is 84.4 cm³/mol. The topological polar surface area (TPSA) is 66.6 Å². The molecular weight excluding hydrogens is 286 g/mol. The molecule has 1 saturated heterocycles. The Kier molecular flexibility index (Phi) is 5.37. The van der Waals surface area contributed by atoms with Gasteiger partial charge in [-0.3, -0.25) is 4.90 Å². The van der Waals surface area contributed by atoms with Gasteiger partial charge < -0.3 is 5.73 Å². The lowest BCUT2D eigenvalue weighted by atomic mass is 9.98. The molecule has 1 aromatic rings.